The number of para-hydroxylation sites is 1. The van der Waals surface area contributed by atoms with Crippen molar-refractivity contribution in [1.29, 1.82) is 0 Å². The molecule has 1 aliphatic heterocycles. The van der Waals surface area contributed by atoms with Gasteiger partial charge in [0.05, 0.1) is 11.6 Å². The van der Waals surface area contributed by atoms with Crippen LogP contribution in [0.4, 0.5) is 5.69 Å². The maximum atomic E-state index is 12.9. The summed E-state index contributed by atoms with van der Waals surface area (Å²) >= 11 is 6.12. The van der Waals surface area contributed by atoms with Gasteiger partial charge in [0.2, 0.25) is 15.9 Å². The number of halogens is 1. The van der Waals surface area contributed by atoms with E-state index < -0.39 is 15.9 Å². The third-order valence-electron chi connectivity index (χ3n) is 4.59. The molecule has 0 aliphatic carbocycles. The molecule has 0 bridgehead atoms. The molecule has 3 rings (SSSR count). The minimum absolute atomic E-state index is 0.0638. The number of benzene rings is 2. The van der Waals surface area contributed by atoms with Gasteiger partial charge in [-0.05, 0) is 43.2 Å². The van der Waals surface area contributed by atoms with E-state index in [-0.39, 0.29) is 27.9 Å². The smallest absolute Gasteiger partial charge is 0.251 e. The molecule has 2 aromatic carbocycles. The molecule has 29 heavy (non-hydrogen) atoms. The molecule has 0 atom stereocenters. The van der Waals surface area contributed by atoms with Crippen molar-refractivity contribution in [2.24, 2.45) is 0 Å². The van der Waals surface area contributed by atoms with Gasteiger partial charge < -0.3 is 10.6 Å². The Morgan fingerprint density at radius 3 is 2.38 bits per heavy atom. The van der Waals surface area contributed by atoms with E-state index >= 15 is 0 Å². The fourth-order valence-electron chi connectivity index (χ4n) is 3.08. The molecule has 1 heterocycles. The van der Waals surface area contributed by atoms with Gasteiger partial charge >= 0.3 is 0 Å². The molecule has 154 valence electrons. The summed E-state index contributed by atoms with van der Waals surface area (Å²) in [6, 6.07) is 12.9. The Morgan fingerprint density at radius 2 is 1.69 bits per heavy atom. The summed E-state index contributed by atoms with van der Waals surface area (Å²) in [4.78, 5) is 24.3. The zero-order valence-electron chi connectivity index (χ0n) is 15.7. The number of carbonyl (C=O) groups excluding carboxylic acids is 2. The van der Waals surface area contributed by atoms with E-state index in [9.17, 15) is 18.0 Å². The van der Waals surface area contributed by atoms with Crippen molar-refractivity contribution in [2.75, 3.05) is 25.0 Å². The second kappa shape index (κ2) is 9.39. The average Bonchev–Trinajstić information content (AvgIpc) is 2.73. The largest absolute Gasteiger partial charge is 0.343 e. The van der Waals surface area contributed by atoms with Crippen molar-refractivity contribution in [1.82, 2.24) is 9.62 Å². The van der Waals surface area contributed by atoms with Gasteiger partial charge in [-0.2, -0.15) is 4.31 Å². The summed E-state index contributed by atoms with van der Waals surface area (Å²) in [6.45, 7) is 0.633. The lowest BCUT2D eigenvalue weighted by atomic mass is 10.2. The topological polar surface area (TPSA) is 95.6 Å². The van der Waals surface area contributed by atoms with Crippen LogP contribution >= 0.6 is 11.6 Å². The monoisotopic (exact) mass is 435 g/mol. The standard InChI is InChI=1S/C20H22ClN3O4S/c21-17-10-9-15(13-18(17)29(27,28)24-11-5-2-6-12-24)20(26)22-14-19(25)23-16-7-3-1-4-8-16/h1,3-4,7-10,13H,2,5-6,11-12,14H2,(H,22,26)(H,23,25). The Morgan fingerprint density at radius 1 is 1.00 bits per heavy atom. The van der Waals surface area contributed by atoms with E-state index in [0.29, 0.717) is 18.8 Å². The van der Waals surface area contributed by atoms with Crippen LogP contribution in [0.15, 0.2) is 53.4 Å². The molecule has 9 heteroatoms. The second-order valence-electron chi connectivity index (χ2n) is 6.71. The zero-order chi connectivity index (χ0) is 20.9. The van der Waals surface area contributed by atoms with E-state index in [1.165, 1.54) is 22.5 Å². The van der Waals surface area contributed by atoms with Gasteiger partial charge in [0.1, 0.15) is 4.90 Å². The normalized spacial score (nSPS) is 14.9. The number of nitrogens with zero attached hydrogens (tertiary/aromatic N) is 1. The van der Waals surface area contributed by atoms with Crippen LogP contribution in [0.1, 0.15) is 29.6 Å². The van der Waals surface area contributed by atoms with Gasteiger partial charge in [-0.3, -0.25) is 9.59 Å². The molecule has 1 saturated heterocycles. The van der Waals surface area contributed by atoms with Crippen LogP contribution in [0.25, 0.3) is 0 Å². The first-order valence-electron chi connectivity index (χ1n) is 9.31. The maximum absolute atomic E-state index is 12.9. The Labute approximate surface area is 175 Å². The molecule has 2 aromatic rings. The Balaban J connectivity index is 1.68. The summed E-state index contributed by atoms with van der Waals surface area (Å²) in [5.41, 5.74) is 0.741. The van der Waals surface area contributed by atoms with Gasteiger partial charge in [-0.15, -0.1) is 0 Å². The number of sulfonamides is 1. The van der Waals surface area contributed by atoms with Crippen molar-refractivity contribution in [3.63, 3.8) is 0 Å². The summed E-state index contributed by atoms with van der Waals surface area (Å²) in [6.07, 6.45) is 2.59. The molecule has 0 spiro atoms. The molecule has 7 nitrogen and oxygen atoms in total. The van der Waals surface area contributed by atoms with E-state index in [1.54, 1.807) is 24.3 Å². The van der Waals surface area contributed by atoms with Gasteiger partial charge in [-0.25, -0.2) is 8.42 Å². The first-order chi connectivity index (χ1) is 13.9. The second-order valence-corrected chi connectivity index (χ2v) is 9.02. The van der Waals surface area contributed by atoms with Crippen LogP contribution in [-0.2, 0) is 14.8 Å². The van der Waals surface area contributed by atoms with Crippen molar-refractivity contribution in [2.45, 2.75) is 24.2 Å². The fourth-order valence-corrected chi connectivity index (χ4v) is 5.09. The number of nitrogens with one attached hydrogen (secondary N) is 2. The zero-order valence-corrected chi connectivity index (χ0v) is 17.3. The van der Waals surface area contributed by atoms with E-state index in [4.69, 9.17) is 11.6 Å². The molecular weight excluding hydrogens is 414 g/mol. The molecule has 0 saturated carbocycles. The minimum Gasteiger partial charge on any atom is -0.343 e. The van der Waals surface area contributed by atoms with Crippen LogP contribution in [-0.4, -0.2) is 44.2 Å². The first kappa shape index (κ1) is 21.3. The summed E-state index contributed by atoms with van der Waals surface area (Å²) in [7, 11) is -3.78. The third kappa shape index (κ3) is 5.35. The molecule has 1 fully saturated rings. The fraction of sp³-hybridized carbons (Fsp3) is 0.300. The predicted octanol–water partition coefficient (Wildman–Crippen LogP) is 2.88. The summed E-state index contributed by atoms with van der Waals surface area (Å²) in [5.74, 6) is -0.945. The quantitative estimate of drug-likeness (QED) is 0.729. The van der Waals surface area contributed by atoms with Gasteiger partial charge in [-0.1, -0.05) is 36.2 Å². The molecule has 0 unspecified atom stereocenters. The highest BCUT2D eigenvalue weighted by atomic mass is 35.5. The van der Waals surface area contributed by atoms with E-state index in [2.05, 4.69) is 10.6 Å². The minimum atomic E-state index is -3.78. The van der Waals surface area contributed by atoms with Crippen molar-refractivity contribution in [3.05, 3.63) is 59.1 Å². The molecule has 1 aliphatic rings. The molecule has 0 radical (unpaired) electrons. The van der Waals surface area contributed by atoms with Crippen molar-refractivity contribution in [3.8, 4) is 0 Å². The van der Waals surface area contributed by atoms with Crippen LogP contribution in [0, 0.1) is 0 Å². The molecule has 2 amide bonds. The Bertz CT molecular complexity index is 990. The number of hydrogen-bond acceptors (Lipinski definition) is 4. The molecule has 0 aromatic heterocycles. The van der Waals surface area contributed by atoms with E-state index in [1.807, 2.05) is 6.07 Å². The SMILES string of the molecule is O=C(CNC(=O)c1ccc(Cl)c(S(=O)(=O)N2CCCCC2)c1)Nc1ccccc1. The van der Waals surface area contributed by atoms with Crippen LogP contribution in [0.5, 0.6) is 0 Å². The number of hydrogen-bond donors (Lipinski definition) is 2. The number of piperidine rings is 1. The number of rotatable bonds is 6. The number of carbonyl (C=O) groups is 2. The molecular formula is C20H22ClN3O4S. The first-order valence-corrected chi connectivity index (χ1v) is 11.1. The number of amides is 2. The number of anilines is 1. The highest BCUT2D eigenvalue weighted by molar-refractivity contribution is 7.89. The van der Waals surface area contributed by atoms with E-state index in [0.717, 1.165) is 19.3 Å². The lowest BCUT2D eigenvalue weighted by Crippen LogP contribution is -2.36. The lowest BCUT2D eigenvalue weighted by molar-refractivity contribution is -0.115. The summed E-state index contributed by atoms with van der Waals surface area (Å²) < 4.78 is 27.2. The average molecular weight is 436 g/mol. The predicted molar refractivity (Wildman–Crippen MR) is 111 cm³/mol. The van der Waals surface area contributed by atoms with Gasteiger partial charge in [0.25, 0.3) is 5.91 Å². The van der Waals surface area contributed by atoms with Gasteiger partial charge in [0, 0.05) is 24.3 Å². The lowest BCUT2D eigenvalue weighted by Gasteiger charge is -2.26. The Kier molecular flexibility index (Phi) is 6.89. The molecule has 2 N–H and O–H groups in total. The third-order valence-corrected chi connectivity index (χ3v) is 6.97. The van der Waals surface area contributed by atoms with Crippen LogP contribution < -0.4 is 10.6 Å². The Hall–Kier alpha value is -2.42. The van der Waals surface area contributed by atoms with Crippen molar-refractivity contribution < 1.29 is 18.0 Å². The summed E-state index contributed by atoms with van der Waals surface area (Å²) in [5, 5.41) is 5.22. The highest BCUT2D eigenvalue weighted by Crippen LogP contribution is 2.27. The van der Waals surface area contributed by atoms with Gasteiger partial charge in [0.15, 0.2) is 0 Å². The van der Waals surface area contributed by atoms with Crippen molar-refractivity contribution >= 4 is 39.1 Å². The highest BCUT2D eigenvalue weighted by Gasteiger charge is 2.28. The van der Waals surface area contributed by atoms with Crippen LogP contribution in [0.2, 0.25) is 5.02 Å². The maximum Gasteiger partial charge on any atom is 0.251 e. The van der Waals surface area contributed by atoms with Crippen LogP contribution in [0.3, 0.4) is 0 Å².